The lowest BCUT2D eigenvalue weighted by Crippen LogP contribution is -2.03. The van der Waals surface area contributed by atoms with Crippen LogP contribution < -0.4 is 0 Å². The largest absolute Gasteiger partial charge is 0.242 e. The fourth-order valence-electron chi connectivity index (χ4n) is 1.80. The smallest absolute Gasteiger partial charge is 0.113 e. The maximum absolute atomic E-state index is 4.16. The normalized spacial score (nSPS) is 11.2. The van der Waals surface area contributed by atoms with Gasteiger partial charge in [0, 0.05) is 6.04 Å². The SMILES string of the molecule is C=Cc1ccc2nnn(C(C)C)c2c1C. The van der Waals surface area contributed by atoms with Crippen molar-refractivity contribution in [3.63, 3.8) is 0 Å². The molecule has 1 aromatic heterocycles. The van der Waals surface area contributed by atoms with E-state index in [0.29, 0.717) is 6.04 Å². The van der Waals surface area contributed by atoms with Gasteiger partial charge in [-0.05, 0) is 38.0 Å². The van der Waals surface area contributed by atoms with Gasteiger partial charge in [-0.25, -0.2) is 4.68 Å². The highest BCUT2D eigenvalue weighted by Gasteiger charge is 2.11. The van der Waals surface area contributed by atoms with Crippen LogP contribution in [0.4, 0.5) is 0 Å². The molecule has 0 saturated carbocycles. The molecule has 15 heavy (non-hydrogen) atoms. The van der Waals surface area contributed by atoms with E-state index in [1.807, 2.05) is 22.9 Å². The maximum atomic E-state index is 4.16. The van der Waals surface area contributed by atoms with Crippen LogP contribution in [0.5, 0.6) is 0 Å². The molecule has 3 nitrogen and oxygen atoms in total. The molecular formula is C12H15N3. The molecule has 0 fully saturated rings. The molecule has 1 heterocycles. The first-order valence-electron chi connectivity index (χ1n) is 5.12. The summed E-state index contributed by atoms with van der Waals surface area (Å²) in [6, 6.07) is 4.35. The molecule has 1 aromatic carbocycles. The van der Waals surface area contributed by atoms with Gasteiger partial charge in [0.15, 0.2) is 0 Å². The molecule has 0 saturated heterocycles. The second-order valence-corrected chi connectivity index (χ2v) is 3.98. The molecule has 2 rings (SSSR count). The summed E-state index contributed by atoms with van der Waals surface area (Å²) in [7, 11) is 0. The highest BCUT2D eigenvalue weighted by atomic mass is 15.4. The van der Waals surface area contributed by atoms with E-state index in [2.05, 4.69) is 37.7 Å². The van der Waals surface area contributed by atoms with E-state index in [0.717, 1.165) is 16.6 Å². The van der Waals surface area contributed by atoms with Crippen molar-refractivity contribution in [2.75, 3.05) is 0 Å². The van der Waals surface area contributed by atoms with Crippen LogP contribution in [0.3, 0.4) is 0 Å². The summed E-state index contributed by atoms with van der Waals surface area (Å²) in [5, 5.41) is 8.32. The predicted octanol–water partition coefficient (Wildman–Crippen LogP) is 2.96. The number of aromatic nitrogens is 3. The molecule has 0 bridgehead atoms. The van der Waals surface area contributed by atoms with Crippen molar-refractivity contribution < 1.29 is 0 Å². The third-order valence-electron chi connectivity index (χ3n) is 2.64. The van der Waals surface area contributed by atoms with Crippen molar-refractivity contribution in [1.29, 1.82) is 0 Å². The maximum Gasteiger partial charge on any atom is 0.113 e. The first-order valence-corrected chi connectivity index (χ1v) is 5.12. The molecule has 0 radical (unpaired) electrons. The molecule has 0 spiro atoms. The number of fused-ring (bicyclic) bond motifs is 1. The van der Waals surface area contributed by atoms with Crippen LogP contribution in [0.15, 0.2) is 18.7 Å². The minimum Gasteiger partial charge on any atom is -0.242 e. The van der Waals surface area contributed by atoms with Crippen molar-refractivity contribution in [3.8, 4) is 0 Å². The van der Waals surface area contributed by atoms with Gasteiger partial charge < -0.3 is 0 Å². The zero-order chi connectivity index (χ0) is 11.0. The van der Waals surface area contributed by atoms with E-state index >= 15 is 0 Å². The predicted molar refractivity (Wildman–Crippen MR) is 62.7 cm³/mol. The summed E-state index contributed by atoms with van der Waals surface area (Å²) in [6.07, 6.45) is 1.87. The molecule has 78 valence electrons. The third-order valence-corrected chi connectivity index (χ3v) is 2.64. The summed E-state index contributed by atoms with van der Waals surface area (Å²) < 4.78 is 1.96. The first-order chi connectivity index (χ1) is 7.15. The van der Waals surface area contributed by atoms with E-state index in [4.69, 9.17) is 0 Å². The average molecular weight is 201 g/mol. The number of nitrogens with zero attached hydrogens (tertiary/aromatic N) is 3. The Morgan fingerprint density at radius 3 is 2.73 bits per heavy atom. The summed E-state index contributed by atoms with van der Waals surface area (Å²) in [6.45, 7) is 10.1. The van der Waals surface area contributed by atoms with E-state index in [1.165, 1.54) is 5.56 Å². The summed E-state index contributed by atoms with van der Waals surface area (Å²) in [4.78, 5) is 0. The second-order valence-electron chi connectivity index (χ2n) is 3.98. The van der Waals surface area contributed by atoms with Gasteiger partial charge in [0.2, 0.25) is 0 Å². The summed E-state index contributed by atoms with van der Waals surface area (Å²) in [5.74, 6) is 0. The van der Waals surface area contributed by atoms with E-state index < -0.39 is 0 Å². The summed E-state index contributed by atoms with van der Waals surface area (Å²) in [5.41, 5.74) is 4.40. The molecule has 0 N–H and O–H groups in total. The van der Waals surface area contributed by atoms with Gasteiger partial charge in [-0.3, -0.25) is 0 Å². The van der Waals surface area contributed by atoms with Crippen molar-refractivity contribution in [2.24, 2.45) is 0 Å². The van der Waals surface area contributed by atoms with Crippen LogP contribution in [-0.4, -0.2) is 15.0 Å². The molecule has 2 aromatic rings. The van der Waals surface area contributed by atoms with Crippen LogP contribution in [-0.2, 0) is 0 Å². The lowest BCUT2D eigenvalue weighted by Gasteiger charge is -2.08. The lowest BCUT2D eigenvalue weighted by molar-refractivity contribution is 0.529. The molecule has 0 aliphatic carbocycles. The average Bonchev–Trinajstić information content (AvgIpc) is 2.63. The first kappa shape index (κ1) is 9.90. The second kappa shape index (κ2) is 3.50. The van der Waals surface area contributed by atoms with Gasteiger partial charge in [0.1, 0.15) is 5.52 Å². The highest BCUT2D eigenvalue weighted by molar-refractivity contribution is 5.82. The number of aryl methyl sites for hydroxylation is 1. The Morgan fingerprint density at radius 1 is 1.40 bits per heavy atom. The van der Waals surface area contributed by atoms with Crippen molar-refractivity contribution in [1.82, 2.24) is 15.0 Å². The van der Waals surface area contributed by atoms with E-state index in [1.54, 1.807) is 0 Å². The number of benzene rings is 1. The fraction of sp³-hybridized carbons (Fsp3) is 0.333. The molecule has 0 amide bonds. The summed E-state index contributed by atoms with van der Waals surface area (Å²) >= 11 is 0. The van der Waals surface area contributed by atoms with Crippen molar-refractivity contribution in [3.05, 3.63) is 29.8 Å². The number of rotatable bonds is 2. The van der Waals surface area contributed by atoms with Gasteiger partial charge in [-0.2, -0.15) is 0 Å². The highest BCUT2D eigenvalue weighted by Crippen LogP contribution is 2.23. The van der Waals surface area contributed by atoms with Gasteiger partial charge in [0.25, 0.3) is 0 Å². The van der Waals surface area contributed by atoms with Gasteiger partial charge in [0.05, 0.1) is 5.52 Å². The quantitative estimate of drug-likeness (QED) is 0.747. The molecule has 0 aliphatic rings. The Labute approximate surface area is 89.4 Å². The number of hydrogen-bond acceptors (Lipinski definition) is 2. The Morgan fingerprint density at radius 2 is 2.13 bits per heavy atom. The Bertz CT molecular complexity index is 509. The zero-order valence-electron chi connectivity index (χ0n) is 9.36. The van der Waals surface area contributed by atoms with E-state index in [-0.39, 0.29) is 0 Å². The zero-order valence-corrected chi connectivity index (χ0v) is 9.36. The molecule has 0 unspecified atom stereocenters. The van der Waals surface area contributed by atoms with Crippen molar-refractivity contribution in [2.45, 2.75) is 26.8 Å². The van der Waals surface area contributed by atoms with Gasteiger partial charge in [-0.15, -0.1) is 5.10 Å². The Balaban J connectivity index is 2.81. The van der Waals surface area contributed by atoms with Crippen molar-refractivity contribution >= 4 is 17.1 Å². The molecule has 0 aliphatic heterocycles. The van der Waals surface area contributed by atoms with Crippen LogP contribution in [0.1, 0.15) is 31.0 Å². The van der Waals surface area contributed by atoms with Crippen LogP contribution in [0.25, 0.3) is 17.1 Å². The van der Waals surface area contributed by atoms with E-state index in [9.17, 15) is 0 Å². The van der Waals surface area contributed by atoms with Crippen LogP contribution in [0.2, 0.25) is 0 Å². The lowest BCUT2D eigenvalue weighted by atomic mass is 10.1. The minimum absolute atomic E-state index is 0.328. The Kier molecular flexibility index (Phi) is 2.31. The van der Waals surface area contributed by atoms with Gasteiger partial charge >= 0.3 is 0 Å². The minimum atomic E-state index is 0.328. The molecule has 0 atom stereocenters. The number of hydrogen-bond donors (Lipinski definition) is 0. The molecule has 3 heteroatoms. The topological polar surface area (TPSA) is 30.7 Å². The Hall–Kier alpha value is -1.64. The molecular weight excluding hydrogens is 186 g/mol. The van der Waals surface area contributed by atoms with Crippen LogP contribution >= 0.6 is 0 Å². The van der Waals surface area contributed by atoms with Crippen LogP contribution in [0, 0.1) is 6.92 Å². The monoisotopic (exact) mass is 201 g/mol. The standard InChI is InChI=1S/C12H15N3/c1-5-10-6-7-11-12(9(10)4)15(8(2)3)14-13-11/h5-8H,1H2,2-4H3. The van der Waals surface area contributed by atoms with Gasteiger partial charge in [-0.1, -0.05) is 23.9 Å². The fourth-order valence-corrected chi connectivity index (χ4v) is 1.80. The third kappa shape index (κ3) is 1.44.